The van der Waals surface area contributed by atoms with Crippen LogP contribution in [0.5, 0.6) is 5.75 Å². The lowest BCUT2D eigenvalue weighted by atomic mass is 9.91. The number of aryl methyl sites for hydroxylation is 2. The van der Waals surface area contributed by atoms with Gasteiger partial charge in [0, 0.05) is 12.7 Å². The quantitative estimate of drug-likeness (QED) is 0.199. The second-order valence-electron chi connectivity index (χ2n) is 8.91. The molecule has 0 radical (unpaired) electrons. The third kappa shape index (κ3) is 6.35. The van der Waals surface area contributed by atoms with Gasteiger partial charge in [0.05, 0.1) is 5.92 Å². The SMILES string of the molecule is C=C[C@@H](C)CC[C@H](OC(=O)[C@@](OC)(c1ccccc1)C(F)(F)F)[C@H](C)C(=O)Oc1c(C)cccc1C. The third-order valence-corrected chi connectivity index (χ3v) is 6.28. The molecule has 0 spiro atoms. The van der Waals surface area contributed by atoms with E-state index in [0.717, 1.165) is 30.4 Å². The van der Waals surface area contributed by atoms with Crippen LogP contribution >= 0.6 is 0 Å². The topological polar surface area (TPSA) is 61.8 Å². The van der Waals surface area contributed by atoms with Gasteiger partial charge >= 0.3 is 18.1 Å². The molecule has 0 saturated carbocycles. The van der Waals surface area contributed by atoms with Crippen molar-refractivity contribution in [3.63, 3.8) is 0 Å². The van der Waals surface area contributed by atoms with Crippen LogP contribution < -0.4 is 4.74 Å². The Morgan fingerprint density at radius 3 is 2.06 bits per heavy atom. The molecule has 36 heavy (non-hydrogen) atoms. The van der Waals surface area contributed by atoms with E-state index in [4.69, 9.17) is 14.2 Å². The van der Waals surface area contributed by atoms with Gasteiger partial charge in [-0.1, -0.05) is 61.5 Å². The summed E-state index contributed by atoms with van der Waals surface area (Å²) < 4.78 is 58.9. The Bertz CT molecular complexity index is 1030. The minimum absolute atomic E-state index is 0.0167. The van der Waals surface area contributed by atoms with E-state index in [2.05, 4.69) is 6.58 Å². The van der Waals surface area contributed by atoms with Crippen molar-refractivity contribution in [2.24, 2.45) is 11.8 Å². The first-order chi connectivity index (χ1) is 16.9. The van der Waals surface area contributed by atoms with Gasteiger partial charge in [0.1, 0.15) is 11.9 Å². The Labute approximate surface area is 210 Å². The fourth-order valence-electron chi connectivity index (χ4n) is 3.87. The minimum atomic E-state index is -5.12. The van der Waals surface area contributed by atoms with Gasteiger partial charge in [-0.05, 0) is 50.7 Å². The predicted octanol–water partition coefficient (Wildman–Crippen LogP) is 6.46. The van der Waals surface area contributed by atoms with Crippen molar-refractivity contribution < 1.29 is 37.0 Å². The molecule has 2 rings (SSSR count). The van der Waals surface area contributed by atoms with Crippen LogP contribution in [0.2, 0.25) is 0 Å². The summed E-state index contributed by atoms with van der Waals surface area (Å²) >= 11 is 0. The first kappa shape index (κ1) is 29.1. The average molecular weight is 507 g/mol. The number of esters is 2. The van der Waals surface area contributed by atoms with Gasteiger partial charge in [-0.15, -0.1) is 6.58 Å². The first-order valence-electron chi connectivity index (χ1n) is 11.7. The summed E-state index contributed by atoms with van der Waals surface area (Å²) in [6.07, 6.45) is -4.09. The molecule has 196 valence electrons. The molecule has 0 saturated heterocycles. The van der Waals surface area contributed by atoms with Crippen molar-refractivity contribution in [2.45, 2.75) is 58.4 Å². The number of hydrogen-bond acceptors (Lipinski definition) is 5. The lowest BCUT2D eigenvalue weighted by molar-refractivity contribution is -0.279. The highest BCUT2D eigenvalue weighted by Crippen LogP contribution is 2.43. The molecule has 0 aliphatic heterocycles. The molecular formula is C28H33F3O5. The van der Waals surface area contributed by atoms with Gasteiger partial charge in [0.15, 0.2) is 0 Å². The average Bonchev–Trinajstić information content (AvgIpc) is 2.83. The number of hydrogen-bond donors (Lipinski definition) is 0. The number of allylic oxidation sites excluding steroid dienone is 1. The zero-order valence-electron chi connectivity index (χ0n) is 21.2. The van der Waals surface area contributed by atoms with Gasteiger partial charge in [0.25, 0.3) is 5.60 Å². The third-order valence-electron chi connectivity index (χ3n) is 6.28. The number of ether oxygens (including phenoxy) is 3. The molecule has 8 heteroatoms. The minimum Gasteiger partial charge on any atom is -0.459 e. The maximum Gasteiger partial charge on any atom is 0.432 e. The Morgan fingerprint density at radius 2 is 1.56 bits per heavy atom. The summed E-state index contributed by atoms with van der Waals surface area (Å²) in [7, 11) is 0.801. The summed E-state index contributed by atoms with van der Waals surface area (Å²) in [5, 5.41) is 0. The van der Waals surface area contributed by atoms with E-state index in [9.17, 15) is 22.8 Å². The van der Waals surface area contributed by atoms with Gasteiger partial charge < -0.3 is 14.2 Å². The van der Waals surface area contributed by atoms with Gasteiger partial charge in [0.2, 0.25) is 0 Å². The van der Waals surface area contributed by atoms with Gasteiger partial charge in [-0.25, -0.2) is 4.79 Å². The number of carbonyl (C=O) groups excluding carboxylic acids is 2. The largest absolute Gasteiger partial charge is 0.459 e. The highest BCUT2D eigenvalue weighted by atomic mass is 19.4. The van der Waals surface area contributed by atoms with E-state index in [1.54, 1.807) is 32.1 Å². The summed E-state index contributed by atoms with van der Waals surface area (Å²) in [5.74, 6) is -3.07. The van der Waals surface area contributed by atoms with Crippen LogP contribution in [0.25, 0.3) is 0 Å². The molecule has 0 heterocycles. The number of methoxy groups -OCH3 is 1. The molecule has 4 atom stereocenters. The number of rotatable bonds is 11. The molecule has 2 aromatic carbocycles. The molecule has 0 bridgehead atoms. The highest BCUT2D eigenvalue weighted by Gasteiger charge is 2.64. The summed E-state index contributed by atoms with van der Waals surface area (Å²) in [5.41, 5.74) is -2.32. The molecule has 5 nitrogen and oxygen atoms in total. The van der Waals surface area contributed by atoms with Crippen molar-refractivity contribution in [3.05, 3.63) is 77.9 Å². The number of benzene rings is 2. The van der Waals surface area contributed by atoms with Crippen LogP contribution in [0.4, 0.5) is 13.2 Å². The molecule has 0 fully saturated rings. The van der Waals surface area contributed by atoms with Crippen LogP contribution in [0.1, 0.15) is 43.4 Å². The lowest BCUT2D eigenvalue weighted by Crippen LogP contribution is -2.53. The summed E-state index contributed by atoms with van der Waals surface area (Å²) in [4.78, 5) is 26.3. The molecular weight excluding hydrogens is 473 g/mol. The number of para-hydroxylation sites is 1. The Balaban J connectivity index is 2.41. The fraction of sp³-hybridized carbons (Fsp3) is 0.429. The smallest absolute Gasteiger partial charge is 0.432 e. The van der Waals surface area contributed by atoms with E-state index in [0.29, 0.717) is 12.2 Å². The van der Waals surface area contributed by atoms with Crippen LogP contribution in [-0.2, 0) is 24.7 Å². The number of halogens is 3. The second-order valence-corrected chi connectivity index (χ2v) is 8.91. The van der Waals surface area contributed by atoms with Gasteiger partial charge in [-0.2, -0.15) is 13.2 Å². The standard InChI is InChI=1S/C28H33F3O5/c1-7-18(2)16-17-23(21(5)25(32)36-24-19(3)12-11-13-20(24)4)35-26(33)27(34-6,28(29,30)31)22-14-9-8-10-15-22/h7-15,18,21,23H,1,16-17H2,2-6H3/t18-,21+,23+,27+/m1/s1. The maximum absolute atomic E-state index is 14.3. The molecule has 0 aliphatic rings. The van der Waals surface area contributed by atoms with Crippen molar-refractivity contribution in [1.29, 1.82) is 0 Å². The summed E-state index contributed by atoms with van der Waals surface area (Å²) in [6.45, 7) is 10.6. The zero-order valence-corrected chi connectivity index (χ0v) is 21.2. The second kappa shape index (κ2) is 12.2. The van der Waals surface area contributed by atoms with Gasteiger partial charge in [-0.3, -0.25) is 4.79 Å². The number of carbonyl (C=O) groups is 2. The fourth-order valence-corrected chi connectivity index (χ4v) is 3.87. The van der Waals surface area contributed by atoms with Crippen molar-refractivity contribution in [2.75, 3.05) is 7.11 Å². The van der Waals surface area contributed by atoms with Crippen LogP contribution in [0, 0.1) is 25.7 Å². The van der Waals surface area contributed by atoms with Crippen molar-refractivity contribution in [3.8, 4) is 5.75 Å². The molecule has 0 aromatic heterocycles. The van der Waals surface area contributed by atoms with Crippen LogP contribution in [0.3, 0.4) is 0 Å². The maximum atomic E-state index is 14.3. The molecule has 0 aliphatic carbocycles. The van der Waals surface area contributed by atoms with Crippen molar-refractivity contribution >= 4 is 11.9 Å². The van der Waals surface area contributed by atoms with Crippen LogP contribution in [-0.4, -0.2) is 31.3 Å². The van der Waals surface area contributed by atoms with E-state index in [1.165, 1.54) is 25.1 Å². The molecule has 0 amide bonds. The van der Waals surface area contributed by atoms with Crippen molar-refractivity contribution in [1.82, 2.24) is 0 Å². The van der Waals surface area contributed by atoms with E-state index >= 15 is 0 Å². The Hall–Kier alpha value is -3.13. The van der Waals surface area contributed by atoms with Crippen LogP contribution in [0.15, 0.2) is 61.2 Å². The predicted molar refractivity (Wildman–Crippen MR) is 130 cm³/mol. The van der Waals surface area contributed by atoms with E-state index in [1.807, 2.05) is 13.0 Å². The Morgan fingerprint density at radius 1 is 0.972 bits per heavy atom. The normalized spacial score (nSPS) is 15.8. The van der Waals surface area contributed by atoms with E-state index < -0.39 is 41.3 Å². The highest BCUT2D eigenvalue weighted by molar-refractivity contribution is 5.83. The molecule has 0 unspecified atom stereocenters. The molecule has 2 aromatic rings. The number of alkyl halides is 3. The zero-order chi connectivity index (χ0) is 27.1. The monoisotopic (exact) mass is 506 g/mol. The Kier molecular flexibility index (Phi) is 9.87. The molecule has 0 N–H and O–H groups in total. The lowest BCUT2D eigenvalue weighted by Gasteiger charge is -2.34. The summed E-state index contributed by atoms with van der Waals surface area (Å²) in [6, 6.07) is 11.9. The van der Waals surface area contributed by atoms with E-state index in [-0.39, 0.29) is 12.3 Å². The first-order valence-corrected chi connectivity index (χ1v) is 11.7.